The minimum atomic E-state index is -0.0809. The van der Waals surface area contributed by atoms with Crippen molar-refractivity contribution in [1.29, 1.82) is 0 Å². The fourth-order valence-electron chi connectivity index (χ4n) is 4.60. The van der Waals surface area contributed by atoms with E-state index in [0.29, 0.717) is 12.5 Å². The Kier molecular flexibility index (Phi) is 3.86. The van der Waals surface area contributed by atoms with E-state index in [4.69, 9.17) is 9.47 Å². The summed E-state index contributed by atoms with van der Waals surface area (Å²) in [4.78, 5) is 6.99. The fraction of sp³-hybridized carbons (Fsp3) is 0.476. The maximum atomic E-state index is 6.01. The molecular formula is C21H24N2O2. The van der Waals surface area contributed by atoms with E-state index in [1.54, 1.807) is 6.20 Å². The number of hydrogen-bond acceptors (Lipinski definition) is 4. The van der Waals surface area contributed by atoms with Crippen molar-refractivity contribution in [3.63, 3.8) is 0 Å². The normalized spacial score (nSPS) is 28.1. The van der Waals surface area contributed by atoms with Crippen LogP contribution in [0.1, 0.15) is 49.3 Å². The molecule has 0 saturated carbocycles. The average Bonchev–Trinajstić information content (AvgIpc) is 2.89. The molecular weight excluding hydrogens is 312 g/mol. The lowest BCUT2D eigenvalue weighted by Crippen LogP contribution is -2.38. The monoisotopic (exact) mass is 336 g/mol. The molecule has 2 aromatic rings. The molecule has 4 nitrogen and oxygen atoms in total. The molecule has 0 aliphatic carbocycles. The molecule has 4 heterocycles. The third-order valence-electron chi connectivity index (χ3n) is 5.94. The van der Waals surface area contributed by atoms with Gasteiger partial charge in [-0.25, -0.2) is 4.98 Å². The van der Waals surface area contributed by atoms with Gasteiger partial charge in [0, 0.05) is 24.8 Å². The molecule has 0 spiro atoms. The largest absolute Gasteiger partial charge is 0.484 e. The van der Waals surface area contributed by atoms with Crippen LogP contribution in [-0.2, 0) is 6.54 Å². The molecule has 2 saturated heterocycles. The van der Waals surface area contributed by atoms with E-state index in [-0.39, 0.29) is 6.10 Å². The quantitative estimate of drug-likeness (QED) is 0.845. The van der Waals surface area contributed by atoms with E-state index in [1.165, 1.54) is 37.7 Å². The van der Waals surface area contributed by atoms with E-state index < -0.39 is 0 Å². The van der Waals surface area contributed by atoms with Crippen LogP contribution in [0.25, 0.3) is 0 Å². The molecule has 0 amide bonds. The van der Waals surface area contributed by atoms with Gasteiger partial charge in [-0.3, -0.25) is 4.90 Å². The summed E-state index contributed by atoms with van der Waals surface area (Å²) in [6, 6.07) is 14.3. The van der Waals surface area contributed by atoms with Crippen LogP contribution in [0.15, 0.2) is 42.6 Å². The second-order valence-electron chi connectivity index (χ2n) is 7.45. The molecule has 2 bridgehead atoms. The first kappa shape index (κ1) is 15.2. The number of benzene rings is 1. The van der Waals surface area contributed by atoms with Crippen molar-refractivity contribution in [1.82, 2.24) is 9.88 Å². The second kappa shape index (κ2) is 6.34. The van der Waals surface area contributed by atoms with Crippen LogP contribution in [0.2, 0.25) is 0 Å². The van der Waals surface area contributed by atoms with Crippen molar-refractivity contribution in [3.05, 3.63) is 53.7 Å². The molecule has 3 aliphatic heterocycles. The van der Waals surface area contributed by atoms with E-state index in [9.17, 15) is 0 Å². The molecule has 3 atom stereocenters. The number of aromatic nitrogens is 1. The number of pyridine rings is 1. The van der Waals surface area contributed by atoms with Gasteiger partial charge in [-0.15, -0.1) is 0 Å². The molecule has 1 aromatic carbocycles. The first-order valence-corrected chi connectivity index (χ1v) is 9.46. The van der Waals surface area contributed by atoms with E-state index in [2.05, 4.69) is 34.1 Å². The van der Waals surface area contributed by atoms with Crippen LogP contribution in [0.4, 0.5) is 0 Å². The zero-order valence-electron chi connectivity index (χ0n) is 14.4. The molecule has 2 fully saturated rings. The van der Waals surface area contributed by atoms with Gasteiger partial charge in [0.15, 0.2) is 11.9 Å². The fourth-order valence-corrected chi connectivity index (χ4v) is 4.60. The Bertz CT molecular complexity index is 730. The van der Waals surface area contributed by atoms with E-state index >= 15 is 0 Å². The Labute approximate surface area is 148 Å². The summed E-state index contributed by atoms with van der Waals surface area (Å²) >= 11 is 0. The smallest absolute Gasteiger partial charge is 0.257 e. The molecule has 5 rings (SSSR count). The number of fused-ring (bicyclic) bond motifs is 3. The maximum Gasteiger partial charge on any atom is 0.257 e. The van der Waals surface area contributed by atoms with Gasteiger partial charge in [0.25, 0.3) is 5.88 Å². The molecule has 0 N–H and O–H groups in total. The Balaban J connectivity index is 1.28. The van der Waals surface area contributed by atoms with Gasteiger partial charge in [0.1, 0.15) is 6.61 Å². The van der Waals surface area contributed by atoms with Crippen LogP contribution >= 0.6 is 0 Å². The van der Waals surface area contributed by atoms with Crippen molar-refractivity contribution in [2.45, 2.75) is 56.8 Å². The molecule has 130 valence electrons. The molecule has 2 unspecified atom stereocenters. The van der Waals surface area contributed by atoms with Gasteiger partial charge < -0.3 is 9.47 Å². The van der Waals surface area contributed by atoms with E-state index in [1.807, 2.05) is 12.1 Å². The zero-order valence-corrected chi connectivity index (χ0v) is 14.4. The highest BCUT2D eigenvalue weighted by atomic mass is 16.6. The zero-order chi connectivity index (χ0) is 16.6. The Morgan fingerprint density at radius 1 is 1.00 bits per heavy atom. The number of piperidine rings is 1. The highest BCUT2D eigenvalue weighted by Gasteiger charge is 2.36. The van der Waals surface area contributed by atoms with Crippen molar-refractivity contribution >= 4 is 0 Å². The van der Waals surface area contributed by atoms with Crippen LogP contribution in [0.3, 0.4) is 0 Å². The molecule has 3 aliphatic rings. The number of rotatable bonds is 3. The number of ether oxygens (including phenoxy) is 2. The summed E-state index contributed by atoms with van der Waals surface area (Å²) in [5.74, 6) is 1.32. The van der Waals surface area contributed by atoms with Gasteiger partial charge in [-0.1, -0.05) is 30.7 Å². The summed E-state index contributed by atoms with van der Waals surface area (Å²) in [7, 11) is 0. The van der Waals surface area contributed by atoms with Gasteiger partial charge in [-0.05, 0) is 48.9 Å². The third kappa shape index (κ3) is 2.89. The second-order valence-corrected chi connectivity index (χ2v) is 7.45. The van der Waals surface area contributed by atoms with Crippen molar-refractivity contribution in [3.8, 4) is 11.6 Å². The lowest BCUT2D eigenvalue weighted by Gasteiger charge is -2.34. The highest BCUT2D eigenvalue weighted by Crippen LogP contribution is 2.37. The Morgan fingerprint density at radius 2 is 1.80 bits per heavy atom. The van der Waals surface area contributed by atoms with Crippen LogP contribution in [0.5, 0.6) is 11.6 Å². The molecule has 1 aromatic heterocycles. The van der Waals surface area contributed by atoms with Crippen LogP contribution in [0, 0.1) is 0 Å². The number of nitrogens with zero attached hydrogens (tertiary/aromatic N) is 2. The maximum absolute atomic E-state index is 6.01. The van der Waals surface area contributed by atoms with Crippen LogP contribution in [-0.4, -0.2) is 28.6 Å². The van der Waals surface area contributed by atoms with Crippen LogP contribution < -0.4 is 9.47 Å². The van der Waals surface area contributed by atoms with Crippen molar-refractivity contribution in [2.75, 3.05) is 6.61 Å². The predicted octanol–water partition coefficient (Wildman–Crippen LogP) is 4.11. The third-order valence-corrected chi connectivity index (χ3v) is 5.94. The minimum absolute atomic E-state index is 0.0809. The van der Waals surface area contributed by atoms with Crippen molar-refractivity contribution in [2.24, 2.45) is 0 Å². The topological polar surface area (TPSA) is 34.6 Å². The van der Waals surface area contributed by atoms with Gasteiger partial charge in [0.2, 0.25) is 0 Å². The molecule has 4 heteroatoms. The first-order chi connectivity index (χ1) is 12.4. The summed E-state index contributed by atoms with van der Waals surface area (Å²) in [6.07, 6.45) is 8.62. The predicted molar refractivity (Wildman–Crippen MR) is 95.7 cm³/mol. The highest BCUT2D eigenvalue weighted by molar-refractivity contribution is 5.36. The summed E-state index contributed by atoms with van der Waals surface area (Å²) in [5, 5.41) is 0. The Morgan fingerprint density at radius 3 is 2.60 bits per heavy atom. The standard InChI is InChI=1S/C21H24N2O2/c1-3-17-10-11-18(4-1)23(17)13-15-6-8-16(9-7-15)20-14-24-19-5-2-12-22-21(19)25-20/h2,5-9,12,17-18,20H,1,3-4,10-11,13-14H2/t17?,18?,20-/m1/s1. The van der Waals surface area contributed by atoms with Gasteiger partial charge in [-0.2, -0.15) is 0 Å². The van der Waals surface area contributed by atoms with Gasteiger partial charge in [0.05, 0.1) is 0 Å². The van der Waals surface area contributed by atoms with Crippen molar-refractivity contribution < 1.29 is 9.47 Å². The minimum Gasteiger partial charge on any atom is -0.484 e. The van der Waals surface area contributed by atoms with E-state index in [0.717, 1.165) is 29.9 Å². The van der Waals surface area contributed by atoms with Gasteiger partial charge >= 0.3 is 0 Å². The lowest BCUT2D eigenvalue weighted by molar-refractivity contribution is 0.0850. The average molecular weight is 336 g/mol. The lowest BCUT2D eigenvalue weighted by atomic mass is 10.0. The molecule has 25 heavy (non-hydrogen) atoms. The first-order valence-electron chi connectivity index (χ1n) is 9.46. The summed E-state index contributed by atoms with van der Waals surface area (Å²) in [6.45, 7) is 1.62. The Hall–Kier alpha value is -2.07. The summed E-state index contributed by atoms with van der Waals surface area (Å²) < 4.78 is 11.8. The molecule has 0 radical (unpaired) electrons. The number of hydrogen-bond donors (Lipinski definition) is 0. The summed E-state index contributed by atoms with van der Waals surface area (Å²) in [5.41, 5.74) is 2.56. The SMILES string of the molecule is c1cnc2c(c1)OC[C@H](c1ccc(CN3C4CCCC3CC4)cc1)O2.